The van der Waals surface area contributed by atoms with E-state index in [2.05, 4.69) is 10.1 Å². The van der Waals surface area contributed by atoms with E-state index in [4.69, 9.17) is 0 Å². The normalized spacial score (nSPS) is 11.9. The summed E-state index contributed by atoms with van der Waals surface area (Å²) in [5.41, 5.74) is -1.27. The molecule has 0 saturated carbocycles. The van der Waals surface area contributed by atoms with Crippen molar-refractivity contribution in [1.82, 2.24) is 14.8 Å². The number of Topliss-reactive ketones (excluding diaryl/α,β-unsaturated/α-hetero) is 1. The van der Waals surface area contributed by atoms with Crippen LogP contribution >= 0.6 is 0 Å². The minimum absolute atomic E-state index is 0.0202. The summed E-state index contributed by atoms with van der Waals surface area (Å²) in [6, 6.07) is 4.74. The van der Waals surface area contributed by atoms with Crippen LogP contribution in [0.25, 0.3) is 0 Å². The maximum Gasteiger partial charge on any atom is 0.417 e. The molecule has 0 N–H and O–H groups in total. The molecule has 0 spiro atoms. The number of carbonyl (C=O) groups excluding carboxylic acids is 1. The van der Waals surface area contributed by atoms with Gasteiger partial charge in [0.15, 0.2) is 5.78 Å². The van der Waals surface area contributed by atoms with Gasteiger partial charge in [-0.25, -0.2) is 9.67 Å². The Kier molecular flexibility index (Phi) is 4.11. The minimum atomic E-state index is -4.56. The number of carbonyl (C=O) groups is 1. The highest BCUT2D eigenvalue weighted by molar-refractivity contribution is 5.98. The van der Waals surface area contributed by atoms with Gasteiger partial charge in [0.1, 0.15) is 12.2 Å². The molecule has 0 aliphatic heterocycles. The second-order valence-corrected chi connectivity index (χ2v) is 4.86. The zero-order valence-electron chi connectivity index (χ0n) is 11.6. The van der Waals surface area contributed by atoms with Crippen molar-refractivity contribution >= 4 is 5.78 Å². The molecule has 0 radical (unpaired) electrons. The highest BCUT2D eigenvalue weighted by Gasteiger charge is 2.34. The first-order valence-electron chi connectivity index (χ1n) is 6.38. The molecule has 2 rings (SSSR count). The molecule has 0 unspecified atom stereocenters. The van der Waals surface area contributed by atoms with Crippen LogP contribution in [0, 0.1) is 0 Å². The molecule has 4 nitrogen and oxygen atoms in total. The number of aromatic nitrogens is 3. The maximum absolute atomic E-state index is 12.9. The molecule has 21 heavy (non-hydrogen) atoms. The van der Waals surface area contributed by atoms with Gasteiger partial charge in [-0.15, -0.1) is 0 Å². The maximum atomic E-state index is 12.9. The lowest BCUT2D eigenvalue weighted by atomic mass is 10.0. The molecule has 1 aromatic heterocycles. The van der Waals surface area contributed by atoms with Gasteiger partial charge >= 0.3 is 6.18 Å². The molecular formula is C14H14F3N3O. The first-order valence-corrected chi connectivity index (χ1v) is 6.38. The summed E-state index contributed by atoms with van der Waals surface area (Å²) in [6.45, 7) is 3.71. The molecule has 0 saturated heterocycles. The van der Waals surface area contributed by atoms with Crippen LogP contribution in [0.1, 0.15) is 41.6 Å². The summed E-state index contributed by atoms with van der Waals surface area (Å²) in [4.78, 5) is 16.1. The van der Waals surface area contributed by atoms with Gasteiger partial charge in [0.25, 0.3) is 0 Å². The number of benzene rings is 1. The monoisotopic (exact) mass is 297 g/mol. The van der Waals surface area contributed by atoms with Gasteiger partial charge in [-0.2, -0.15) is 18.3 Å². The number of rotatable bonds is 4. The summed E-state index contributed by atoms with van der Waals surface area (Å²) in [7, 11) is 0. The average Bonchev–Trinajstić information content (AvgIpc) is 2.86. The highest BCUT2D eigenvalue weighted by Crippen LogP contribution is 2.32. The first kappa shape index (κ1) is 15.2. The first-order chi connectivity index (χ1) is 9.80. The van der Waals surface area contributed by atoms with E-state index in [9.17, 15) is 18.0 Å². The Balaban J connectivity index is 2.32. The Labute approximate surface area is 119 Å². The second-order valence-electron chi connectivity index (χ2n) is 4.86. The van der Waals surface area contributed by atoms with Gasteiger partial charge in [-0.3, -0.25) is 4.79 Å². The SMILES string of the molecule is CC(C)n1ncnc1CC(=O)c1ccccc1C(F)(F)F. The van der Waals surface area contributed by atoms with Gasteiger partial charge in [-0.1, -0.05) is 18.2 Å². The van der Waals surface area contributed by atoms with E-state index < -0.39 is 17.5 Å². The molecule has 1 heterocycles. The van der Waals surface area contributed by atoms with E-state index in [1.165, 1.54) is 29.2 Å². The molecule has 0 amide bonds. The van der Waals surface area contributed by atoms with Crippen LogP contribution in [0.15, 0.2) is 30.6 Å². The van der Waals surface area contributed by atoms with Crippen molar-refractivity contribution in [2.24, 2.45) is 0 Å². The van der Waals surface area contributed by atoms with Gasteiger partial charge < -0.3 is 0 Å². The van der Waals surface area contributed by atoms with Crippen LogP contribution in [0.3, 0.4) is 0 Å². The predicted molar refractivity (Wildman–Crippen MR) is 69.9 cm³/mol. The molecule has 2 aromatic rings. The Bertz CT molecular complexity index is 647. The molecule has 0 aliphatic carbocycles. The van der Waals surface area contributed by atoms with Crippen molar-refractivity contribution in [2.45, 2.75) is 32.5 Å². The fraction of sp³-hybridized carbons (Fsp3) is 0.357. The van der Waals surface area contributed by atoms with Crippen LogP contribution < -0.4 is 0 Å². The molecule has 0 aliphatic rings. The summed E-state index contributed by atoms with van der Waals surface area (Å²) in [5, 5.41) is 3.96. The van der Waals surface area contributed by atoms with E-state index in [0.29, 0.717) is 5.82 Å². The number of ketones is 1. The van der Waals surface area contributed by atoms with Crippen LogP contribution in [0.2, 0.25) is 0 Å². The molecule has 0 bridgehead atoms. The van der Waals surface area contributed by atoms with Crippen molar-refractivity contribution in [3.05, 3.63) is 47.5 Å². The smallest absolute Gasteiger partial charge is 0.294 e. The third-order valence-corrected chi connectivity index (χ3v) is 2.99. The second kappa shape index (κ2) is 5.67. The van der Waals surface area contributed by atoms with Crippen LogP contribution in [-0.4, -0.2) is 20.5 Å². The topological polar surface area (TPSA) is 47.8 Å². The third-order valence-electron chi connectivity index (χ3n) is 2.99. The fourth-order valence-corrected chi connectivity index (χ4v) is 2.04. The van der Waals surface area contributed by atoms with E-state index in [1.54, 1.807) is 0 Å². The van der Waals surface area contributed by atoms with Gasteiger partial charge in [0.2, 0.25) is 0 Å². The lowest BCUT2D eigenvalue weighted by molar-refractivity contribution is -0.137. The standard InChI is InChI=1S/C14H14F3N3O/c1-9(2)20-13(18-8-19-20)7-12(21)10-5-3-4-6-11(10)14(15,16)17/h3-6,8-9H,7H2,1-2H3. The number of halogens is 3. The summed E-state index contributed by atoms with van der Waals surface area (Å²) in [5.74, 6) is -0.273. The van der Waals surface area contributed by atoms with E-state index in [-0.39, 0.29) is 18.0 Å². The van der Waals surface area contributed by atoms with Crippen molar-refractivity contribution in [3.8, 4) is 0 Å². The summed E-state index contributed by atoms with van der Waals surface area (Å²) >= 11 is 0. The van der Waals surface area contributed by atoms with E-state index in [1.807, 2.05) is 13.8 Å². The lowest BCUT2D eigenvalue weighted by Gasteiger charge is -2.12. The minimum Gasteiger partial charge on any atom is -0.294 e. The quantitative estimate of drug-likeness (QED) is 0.813. The molecule has 7 heteroatoms. The fourth-order valence-electron chi connectivity index (χ4n) is 2.04. The third kappa shape index (κ3) is 3.29. The van der Waals surface area contributed by atoms with Crippen LogP contribution in [0.5, 0.6) is 0 Å². The summed E-state index contributed by atoms with van der Waals surface area (Å²) in [6.07, 6.45) is -3.48. The molecule has 0 atom stereocenters. The highest BCUT2D eigenvalue weighted by atomic mass is 19.4. The molecule has 112 valence electrons. The van der Waals surface area contributed by atoms with Crippen molar-refractivity contribution in [3.63, 3.8) is 0 Å². The van der Waals surface area contributed by atoms with Gasteiger partial charge in [-0.05, 0) is 19.9 Å². The lowest BCUT2D eigenvalue weighted by Crippen LogP contribution is -2.17. The Morgan fingerprint density at radius 2 is 1.95 bits per heavy atom. The Hall–Kier alpha value is -2.18. The number of hydrogen-bond acceptors (Lipinski definition) is 3. The van der Waals surface area contributed by atoms with Crippen molar-refractivity contribution in [1.29, 1.82) is 0 Å². The predicted octanol–water partition coefficient (Wildman–Crippen LogP) is 3.30. The summed E-state index contributed by atoms with van der Waals surface area (Å²) < 4.78 is 40.3. The van der Waals surface area contributed by atoms with Gasteiger partial charge in [0.05, 0.1) is 12.0 Å². The van der Waals surface area contributed by atoms with Crippen molar-refractivity contribution < 1.29 is 18.0 Å². The zero-order chi connectivity index (χ0) is 15.6. The van der Waals surface area contributed by atoms with Crippen LogP contribution in [-0.2, 0) is 12.6 Å². The number of alkyl halides is 3. The molecule has 0 fully saturated rings. The molecular weight excluding hydrogens is 283 g/mol. The zero-order valence-corrected chi connectivity index (χ0v) is 11.6. The largest absolute Gasteiger partial charge is 0.417 e. The van der Waals surface area contributed by atoms with E-state index >= 15 is 0 Å². The molecule has 1 aromatic carbocycles. The number of nitrogens with zero attached hydrogens (tertiary/aromatic N) is 3. The Morgan fingerprint density at radius 3 is 2.57 bits per heavy atom. The van der Waals surface area contributed by atoms with Crippen LogP contribution in [0.4, 0.5) is 13.2 Å². The van der Waals surface area contributed by atoms with Gasteiger partial charge in [0, 0.05) is 11.6 Å². The number of hydrogen-bond donors (Lipinski definition) is 0. The average molecular weight is 297 g/mol. The van der Waals surface area contributed by atoms with Crippen molar-refractivity contribution in [2.75, 3.05) is 0 Å². The Morgan fingerprint density at radius 1 is 1.29 bits per heavy atom. The van der Waals surface area contributed by atoms with E-state index in [0.717, 1.165) is 6.07 Å².